The van der Waals surface area contributed by atoms with Gasteiger partial charge in [0.25, 0.3) is 0 Å². The standard InChI is InChI=1S/C19H26ClN5O/c1-4-9-25-11-19(12-25,10-15-5-7-16(20)8-6-15)18(26)22-14(2)17-23-21-13-24(17)3/h5-8,13-14H,4,9-12H2,1-3H3,(H,22,26). The number of rotatable bonds is 7. The summed E-state index contributed by atoms with van der Waals surface area (Å²) in [6, 6.07) is 7.59. The van der Waals surface area contributed by atoms with E-state index in [1.54, 1.807) is 6.33 Å². The summed E-state index contributed by atoms with van der Waals surface area (Å²) in [4.78, 5) is 15.5. The maximum Gasteiger partial charge on any atom is 0.229 e. The lowest BCUT2D eigenvalue weighted by Gasteiger charge is -2.49. The fourth-order valence-corrected chi connectivity index (χ4v) is 3.84. The average molecular weight is 376 g/mol. The number of carbonyl (C=O) groups is 1. The molecule has 0 spiro atoms. The van der Waals surface area contributed by atoms with Gasteiger partial charge in [0, 0.05) is 25.2 Å². The molecule has 0 saturated carbocycles. The van der Waals surface area contributed by atoms with Gasteiger partial charge in [-0.05, 0) is 44.0 Å². The molecule has 0 aliphatic carbocycles. The van der Waals surface area contributed by atoms with Crippen LogP contribution in [0.5, 0.6) is 0 Å². The first-order valence-corrected chi connectivity index (χ1v) is 9.43. The summed E-state index contributed by atoms with van der Waals surface area (Å²) in [5, 5.41) is 11.9. The van der Waals surface area contributed by atoms with Crippen molar-refractivity contribution in [2.75, 3.05) is 19.6 Å². The smallest absolute Gasteiger partial charge is 0.229 e. The van der Waals surface area contributed by atoms with Gasteiger partial charge in [0.2, 0.25) is 5.91 Å². The predicted molar refractivity (Wildman–Crippen MR) is 102 cm³/mol. The van der Waals surface area contributed by atoms with Crippen LogP contribution >= 0.6 is 11.6 Å². The van der Waals surface area contributed by atoms with Crippen LogP contribution in [-0.4, -0.2) is 45.2 Å². The number of hydrogen-bond acceptors (Lipinski definition) is 4. The second kappa shape index (κ2) is 7.76. The Balaban J connectivity index is 1.74. The summed E-state index contributed by atoms with van der Waals surface area (Å²) in [6.45, 7) is 6.69. The highest BCUT2D eigenvalue weighted by Gasteiger charge is 2.49. The molecule has 1 atom stereocenters. The summed E-state index contributed by atoms with van der Waals surface area (Å²) < 4.78 is 1.83. The van der Waals surface area contributed by atoms with Crippen molar-refractivity contribution in [3.63, 3.8) is 0 Å². The largest absolute Gasteiger partial charge is 0.346 e. The Morgan fingerprint density at radius 1 is 1.35 bits per heavy atom. The van der Waals surface area contributed by atoms with Crippen molar-refractivity contribution in [3.8, 4) is 0 Å². The van der Waals surface area contributed by atoms with Crippen LogP contribution in [0.2, 0.25) is 5.02 Å². The van der Waals surface area contributed by atoms with E-state index >= 15 is 0 Å². The van der Waals surface area contributed by atoms with Crippen molar-refractivity contribution in [2.45, 2.75) is 32.7 Å². The molecular formula is C19H26ClN5O. The quantitative estimate of drug-likeness (QED) is 0.808. The van der Waals surface area contributed by atoms with Crippen LogP contribution in [0, 0.1) is 5.41 Å². The van der Waals surface area contributed by atoms with Crippen LogP contribution < -0.4 is 5.32 Å². The highest BCUT2D eigenvalue weighted by Crippen LogP contribution is 2.35. The fraction of sp³-hybridized carbons (Fsp3) is 0.526. The van der Waals surface area contributed by atoms with Gasteiger partial charge in [-0.15, -0.1) is 10.2 Å². The highest BCUT2D eigenvalue weighted by molar-refractivity contribution is 6.30. The first-order chi connectivity index (χ1) is 12.4. The topological polar surface area (TPSA) is 63.1 Å². The molecule has 1 amide bonds. The zero-order valence-electron chi connectivity index (χ0n) is 15.6. The molecule has 1 aromatic carbocycles. The number of halogens is 1. The minimum atomic E-state index is -0.407. The summed E-state index contributed by atoms with van der Waals surface area (Å²) in [5.41, 5.74) is 0.725. The van der Waals surface area contributed by atoms with Crippen molar-refractivity contribution >= 4 is 17.5 Å². The SMILES string of the molecule is CCCN1CC(Cc2ccc(Cl)cc2)(C(=O)NC(C)c2nncn2C)C1. The molecule has 2 aromatic rings. The molecule has 1 saturated heterocycles. The zero-order valence-corrected chi connectivity index (χ0v) is 16.3. The number of aromatic nitrogens is 3. The molecule has 0 bridgehead atoms. The Kier molecular flexibility index (Phi) is 5.63. The number of carbonyl (C=O) groups excluding carboxylic acids is 1. The summed E-state index contributed by atoms with van der Waals surface area (Å²) in [5.74, 6) is 0.833. The van der Waals surface area contributed by atoms with Gasteiger partial charge in [-0.1, -0.05) is 30.7 Å². The van der Waals surface area contributed by atoms with E-state index in [1.165, 1.54) is 0 Å². The van der Waals surface area contributed by atoms with Gasteiger partial charge < -0.3 is 14.8 Å². The lowest BCUT2D eigenvalue weighted by atomic mass is 9.73. The van der Waals surface area contributed by atoms with Gasteiger partial charge in [-0.25, -0.2) is 0 Å². The third-order valence-corrected chi connectivity index (χ3v) is 5.26. The van der Waals surface area contributed by atoms with Crippen molar-refractivity contribution in [2.24, 2.45) is 12.5 Å². The molecule has 1 N–H and O–H groups in total. The van der Waals surface area contributed by atoms with E-state index in [1.807, 2.05) is 42.8 Å². The minimum Gasteiger partial charge on any atom is -0.346 e. The lowest BCUT2D eigenvalue weighted by Crippen LogP contribution is -2.64. The number of amides is 1. The van der Waals surface area contributed by atoms with Crippen LogP contribution in [0.4, 0.5) is 0 Å². The third kappa shape index (κ3) is 3.91. The van der Waals surface area contributed by atoms with Gasteiger partial charge in [0.1, 0.15) is 6.33 Å². The number of nitrogens with one attached hydrogen (secondary N) is 1. The summed E-state index contributed by atoms with van der Waals surface area (Å²) in [6.07, 6.45) is 3.45. The normalized spacial score (nSPS) is 17.5. The molecule has 2 heterocycles. The number of benzene rings is 1. The zero-order chi connectivity index (χ0) is 18.7. The van der Waals surface area contributed by atoms with Crippen LogP contribution in [-0.2, 0) is 18.3 Å². The molecule has 1 unspecified atom stereocenters. The van der Waals surface area contributed by atoms with Gasteiger partial charge in [-0.2, -0.15) is 0 Å². The molecule has 3 rings (SSSR count). The lowest BCUT2D eigenvalue weighted by molar-refractivity contribution is -0.142. The Bertz CT molecular complexity index is 752. The molecule has 140 valence electrons. The van der Waals surface area contributed by atoms with E-state index < -0.39 is 5.41 Å². The Morgan fingerprint density at radius 2 is 2.04 bits per heavy atom. The van der Waals surface area contributed by atoms with E-state index in [9.17, 15) is 4.79 Å². The van der Waals surface area contributed by atoms with Gasteiger partial charge in [-0.3, -0.25) is 4.79 Å². The van der Waals surface area contributed by atoms with Crippen LogP contribution in [0.3, 0.4) is 0 Å². The predicted octanol–water partition coefficient (Wildman–Crippen LogP) is 2.60. The Hall–Kier alpha value is -1.92. The average Bonchev–Trinajstić information content (AvgIpc) is 3.00. The van der Waals surface area contributed by atoms with Crippen LogP contribution in [0.1, 0.15) is 37.7 Å². The maximum absolute atomic E-state index is 13.2. The molecule has 0 radical (unpaired) electrons. The van der Waals surface area contributed by atoms with E-state index in [0.717, 1.165) is 37.4 Å². The van der Waals surface area contributed by atoms with E-state index in [4.69, 9.17) is 11.6 Å². The number of aryl methyl sites for hydroxylation is 1. The van der Waals surface area contributed by atoms with Gasteiger partial charge in [0.05, 0.1) is 11.5 Å². The number of hydrogen-bond donors (Lipinski definition) is 1. The minimum absolute atomic E-state index is 0.0790. The van der Waals surface area contributed by atoms with Crippen molar-refractivity contribution in [1.82, 2.24) is 25.0 Å². The highest BCUT2D eigenvalue weighted by atomic mass is 35.5. The van der Waals surface area contributed by atoms with E-state index in [0.29, 0.717) is 11.4 Å². The number of likely N-dealkylation sites (tertiary alicyclic amines) is 1. The van der Waals surface area contributed by atoms with Gasteiger partial charge >= 0.3 is 0 Å². The maximum atomic E-state index is 13.2. The molecule has 26 heavy (non-hydrogen) atoms. The van der Waals surface area contributed by atoms with Crippen LogP contribution in [0.25, 0.3) is 0 Å². The first kappa shape index (κ1) is 18.9. The monoisotopic (exact) mass is 375 g/mol. The fourth-order valence-electron chi connectivity index (χ4n) is 3.71. The van der Waals surface area contributed by atoms with Crippen molar-refractivity contribution in [3.05, 3.63) is 47.0 Å². The molecule has 1 fully saturated rings. The van der Waals surface area contributed by atoms with Gasteiger partial charge in [0.15, 0.2) is 5.82 Å². The molecule has 1 aromatic heterocycles. The second-order valence-electron chi connectivity index (χ2n) is 7.29. The Labute approximate surface area is 159 Å². The number of nitrogens with zero attached hydrogens (tertiary/aromatic N) is 4. The van der Waals surface area contributed by atoms with E-state index in [-0.39, 0.29) is 11.9 Å². The second-order valence-corrected chi connectivity index (χ2v) is 7.73. The molecule has 6 nitrogen and oxygen atoms in total. The van der Waals surface area contributed by atoms with Crippen molar-refractivity contribution < 1.29 is 4.79 Å². The van der Waals surface area contributed by atoms with Crippen molar-refractivity contribution in [1.29, 1.82) is 0 Å². The Morgan fingerprint density at radius 3 is 2.62 bits per heavy atom. The molecule has 1 aliphatic rings. The van der Waals surface area contributed by atoms with E-state index in [2.05, 4.69) is 27.3 Å². The molecular weight excluding hydrogens is 350 g/mol. The summed E-state index contributed by atoms with van der Waals surface area (Å²) in [7, 11) is 1.88. The molecule has 1 aliphatic heterocycles. The first-order valence-electron chi connectivity index (χ1n) is 9.05. The summed E-state index contributed by atoms with van der Waals surface area (Å²) >= 11 is 6.00. The molecule has 7 heteroatoms. The third-order valence-electron chi connectivity index (χ3n) is 5.01. The van der Waals surface area contributed by atoms with Crippen LogP contribution in [0.15, 0.2) is 30.6 Å².